The molecular weight excluding hydrogens is 314 g/mol. The van der Waals surface area contributed by atoms with Crippen molar-refractivity contribution in [1.82, 2.24) is 24.7 Å². The lowest BCUT2D eigenvalue weighted by molar-refractivity contribution is 0.0733. The highest BCUT2D eigenvalue weighted by molar-refractivity contribution is 5.94. The van der Waals surface area contributed by atoms with Crippen molar-refractivity contribution in [3.63, 3.8) is 0 Å². The molecule has 1 saturated carbocycles. The van der Waals surface area contributed by atoms with Crippen molar-refractivity contribution in [2.24, 2.45) is 0 Å². The predicted octanol–water partition coefficient (Wildman–Crippen LogP) is 2.98. The van der Waals surface area contributed by atoms with Gasteiger partial charge in [-0.2, -0.15) is 0 Å². The lowest BCUT2D eigenvalue weighted by Crippen LogP contribution is -2.30. The number of likely N-dealkylation sites (tertiary alicyclic amines) is 1. The first-order valence-electron chi connectivity index (χ1n) is 8.87. The third-order valence-electron chi connectivity index (χ3n) is 5.27. The second kappa shape index (κ2) is 5.65. The standard InChI is InChI=1S/C19H19N5O/c25-19(14-7-9-20-10-8-14)23-11-1-2-16(23)18-17-6-5-15(13-3-4-13)12-24(17)22-21-18/h5-10,12-13,16H,1-4,11H2/t16-/m0/s1. The third-order valence-corrected chi connectivity index (χ3v) is 5.27. The van der Waals surface area contributed by atoms with Gasteiger partial charge in [-0.05, 0) is 55.4 Å². The zero-order valence-electron chi connectivity index (χ0n) is 13.9. The average molecular weight is 333 g/mol. The number of fused-ring (bicyclic) bond motifs is 1. The molecule has 1 aliphatic carbocycles. The minimum absolute atomic E-state index is 0.00931. The van der Waals surface area contributed by atoms with E-state index in [0.29, 0.717) is 11.5 Å². The molecule has 2 fully saturated rings. The minimum atomic E-state index is -0.00931. The number of pyridine rings is 2. The summed E-state index contributed by atoms with van der Waals surface area (Å²) in [4.78, 5) is 18.8. The third kappa shape index (κ3) is 2.49. The number of amides is 1. The van der Waals surface area contributed by atoms with E-state index in [4.69, 9.17) is 0 Å². The van der Waals surface area contributed by atoms with Gasteiger partial charge in [-0.15, -0.1) is 5.10 Å². The Kier molecular flexibility index (Phi) is 3.29. The molecule has 1 saturated heterocycles. The van der Waals surface area contributed by atoms with Crippen LogP contribution < -0.4 is 0 Å². The van der Waals surface area contributed by atoms with Crippen LogP contribution in [0, 0.1) is 0 Å². The van der Waals surface area contributed by atoms with E-state index >= 15 is 0 Å². The Labute approximate surface area is 145 Å². The molecule has 0 N–H and O–H groups in total. The lowest BCUT2D eigenvalue weighted by atomic mass is 10.1. The van der Waals surface area contributed by atoms with Crippen LogP contribution in [0.15, 0.2) is 42.9 Å². The molecule has 1 atom stereocenters. The van der Waals surface area contributed by atoms with Gasteiger partial charge in [0.15, 0.2) is 0 Å². The number of nitrogens with zero attached hydrogens (tertiary/aromatic N) is 5. The Bertz CT molecular complexity index is 931. The van der Waals surface area contributed by atoms with Crippen LogP contribution in [0.2, 0.25) is 0 Å². The van der Waals surface area contributed by atoms with Crippen LogP contribution in [0.3, 0.4) is 0 Å². The van der Waals surface area contributed by atoms with E-state index in [2.05, 4.69) is 33.6 Å². The molecule has 0 bridgehead atoms. The number of aromatic nitrogens is 4. The quantitative estimate of drug-likeness (QED) is 0.739. The molecular formula is C19H19N5O. The maximum absolute atomic E-state index is 12.9. The molecule has 6 heteroatoms. The summed E-state index contributed by atoms with van der Waals surface area (Å²) in [7, 11) is 0. The van der Waals surface area contributed by atoms with E-state index in [1.165, 1.54) is 18.4 Å². The second-order valence-corrected chi connectivity index (χ2v) is 6.93. The highest BCUT2D eigenvalue weighted by atomic mass is 16.2. The van der Waals surface area contributed by atoms with Crippen LogP contribution in [-0.4, -0.2) is 37.2 Å². The fourth-order valence-electron chi connectivity index (χ4n) is 3.78. The van der Waals surface area contributed by atoms with Crippen molar-refractivity contribution < 1.29 is 4.79 Å². The summed E-state index contributed by atoms with van der Waals surface area (Å²) in [6.07, 6.45) is 9.86. The summed E-state index contributed by atoms with van der Waals surface area (Å²) in [5, 5.41) is 8.75. The van der Waals surface area contributed by atoms with E-state index in [0.717, 1.165) is 30.6 Å². The van der Waals surface area contributed by atoms with Gasteiger partial charge in [0.2, 0.25) is 0 Å². The van der Waals surface area contributed by atoms with Crippen molar-refractivity contribution in [2.45, 2.75) is 37.6 Å². The van der Waals surface area contributed by atoms with E-state index in [-0.39, 0.29) is 11.9 Å². The number of hydrogen-bond donors (Lipinski definition) is 0. The highest BCUT2D eigenvalue weighted by Crippen LogP contribution is 2.40. The van der Waals surface area contributed by atoms with Gasteiger partial charge >= 0.3 is 0 Å². The molecule has 3 aromatic heterocycles. The molecule has 0 unspecified atom stereocenters. The van der Waals surface area contributed by atoms with Gasteiger partial charge in [0, 0.05) is 30.7 Å². The van der Waals surface area contributed by atoms with Gasteiger partial charge in [-0.3, -0.25) is 9.78 Å². The summed E-state index contributed by atoms with van der Waals surface area (Å²) in [5.74, 6) is 0.731. The van der Waals surface area contributed by atoms with Crippen molar-refractivity contribution in [3.05, 3.63) is 59.7 Å². The summed E-state index contributed by atoms with van der Waals surface area (Å²) in [6, 6.07) is 7.82. The van der Waals surface area contributed by atoms with Crippen molar-refractivity contribution >= 4 is 11.4 Å². The van der Waals surface area contributed by atoms with Gasteiger partial charge < -0.3 is 4.90 Å². The summed E-state index contributed by atoms with van der Waals surface area (Å²) in [6.45, 7) is 0.755. The van der Waals surface area contributed by atoms with Gasteiger partial charge in [0.05, 0.1) is 11.6 Å². The van der Waals surface area contributed by atoms with Gasteiger partial charge in [0.25, 0.3) is 5.91 Å². The molecule has 3 aromatic rings. The molecule has 0 aromatic carbocycles. The van der Waals surface area contributed by atoms with Gasteiger partial charge in [-0.25, -0.2) is 4.52 Å². The molecule has 6 nitrogen and oxygen atoms in total. The number of rotatable bonds is 3. The average Bonchev–Trinajstić information content (AvgIpc) is 3.25. The Hall–Kier alpha value is -2.76. The molecule has 0 radical (unpaired) electrons. The predicted molar refractivity (Wildman–Crippen MR) is 92.2 cm³/mol. The minimum Gasteiger partial charge on any atom is -0.330 e. The first-order valence-corrected chi connectivity index (χ1v) is 8.87. The molecule has 4 heterocycles. The van der Waals surface area contributed by atoms with E-state index < -0.39 is 0 Å². The van der Waals surface area contributed by atoms with E-state index in [1.54, 1.807) is 24.5 Å². The van der Waals surface area contributed by atoms with Crippen LogP contribution in [0.5, 0.6) is 0 Å². The van der Waals surface area contributed by atoms with Gasteiger partial charge in [-0.1, -0.05) is 11.3 Å². The molecule has 5 rings (SSSR count). The summed E-state index contributed by atoms with van der Waals surface area (Å²) < 4.78 is 1.87. The fraction of sp³-hybridized carbons (Fsp3) is 0.368. The molecule has 1 aliphatic heterocycles. The Morgan fingerprint density at radius 2 is 1.92 bits per heavy atom. The molecule has 25 heavy (non-hydrogen) atoms. The van der Waals surface area contributed by atoms with E-state index in [9.17, 15) is 4.79 Å². The van der Waals surface area contributed by atoms with Crippen LogP contribution in [-0.2, 0) is 0 Å². The van der Waals surface area contributed by atoms with Crippen LogP contribution in [0.25, 0.3) is 5.52 Å². The highest BCUT2D eigenvalue weighted by Gasteiger charge is 2.34. The number of carbonyl (C=O) groups is 1. The fourth-order valence-corrected chi connectivity index (χ4v) is 3.78. The van der Waals surface area contributed by atoms with E-state index in [1.807, 2.05) is 9.42 Å². The maximum Gasteiger partial charge on any atom is 0.254 e. The largest absolute Gasteiger partial charge is 0.330 e. The molecule has 0 spiro atoms. The molecule has 2 aliphatic rings. The molecule has 126 valence electrons. The van der Waals surface area contributed by atoms with Crippen molar-refractivity contribution in [2.75, 3.05) is 6.54 Å². The second-order valence-electron chi connectivity index (χ2n) is 6.93. The number of carbonyl (C=O) groups excluding carboxylic acids is 1. The zero-order chi connectivity index (χ0) is 16.8. The zero-order valence-corrected chi connectivity index (χ0v) is 13.9. The normalized spacial score (nSPS) is 20.3. The number of hydrogen-bond acceptors (Lipinski definition) is 4. The van der Waals surface area contributed by atoms with Crippen LogP contribution in [0.1, 0.15) is 59.3 Å². The summed E-state index contributed by atoms with van der Waals surface area (Å²) >= 11 is 0. The van der Waals surface area contributed by atoms with Crippen LogP contribution in [0.4, 0.5) is 0 Å². The van der Waals surface area contributed by atoms with Crippen molar-refractivity contribution in [3.8, 4) is 0 Å². The SMILES string of the molecule is O=C(c1ccncc1)N1CCC[C@H]1c1nnn2cc(C3CC3)ccc12. The topological polar surface area (TPSA) is 63.4 Å². The maximum atomic E-state index is 12.9. The molecule has 1 amide bonds. The van der Waals surface area contributed by atoms with Crippen LogP contribution >= 0.6 is 0 Å². The first kappa shape index (κ1) is 14.6. The lowest BCUT2D eigenvalue weighted by Gasteiger charge is -2.23. The summed E-state index contributed by atoms with van der Waals surface area (Å²) in [5.41, 5.74) is 3.92. The Morgan fingerprint density at radius 1 is 1.08 bits per heavy atom. The Morgan fingerprint density at radius 3 is 2.72 bits per heavy atom. The van der Waals surface area contributed by atoms with Crippen molar-refractivity contribution in [1.29, 1.82) is 0 Å². The van der Waals surface area contributed by atoms with Gasteiger partial charge in [0.1, 0.15) is 5.69 Å². The first-order chi connectivity index (χ1) is 12.3. The Balaban J connectivity index is 1.49. The smallest absolute Gasteiger partial charge is 0.254 e. The monoisotopic (exact) mass is 333 g/mol.